The summed E-state index contributed by atoms with van der Waals surface area (Å²) < 4.78 is 1.90. The molecule has 0 saturated heterocycles. The van der Waals surface area contributed by atoms with E-state index in [-0.39, 0.29) is 11.8 Å². The number of aliphatic carboxylic acids is 1. The molecule has 0 unspecified atom stereocenters. The highest BCUT2D eigenvalue weighted by Crippen LogP contribution is 2.11. The van der Waals surface area contributed by atoms with Crippen molar-refractivity contribution in [2.45, 2.75) is 32.9 Å². The largest absolute Gasteiger partial charge is 0.480 e. The average molecular weight is 315 g/mol. The topological polar surface area (TPSA) is 84.2 Å². The molecular weight excluding hydrogens is 294 g/mol. The van der Waals surface area contributed by atoms with Crippen molar-refractivity contribution in [1.82, 2.24) is 14.9 Å². The number of aromatic nitrogens is 2. The molecule has 0 aliphatic heterocycles. The molecule has 0 aliphatic rings. The van der Waals surface area contributed by atoms with Crippen LogP contribution >= 0.6 is 0 Å². The van der Waals surface area contributed by atoms with Crippen molar-refractivity contribution in [3.63, 3.8) is 0 Å². The minimum atomic E-state index is -1.01. The zero-order chi connectivity index (χ0) is 16.8. The fraction of sp³-hybridized carbons (Fsp3) is 0.353. The lowest BCUT2D eigenvalue weighted by molar-refractivity contribution is -0.140. The molecule has 1 amide bonds. The number of hydrogen-bond donors (Lipinski definition) is 2. The van der Waals surface area contributed by atoms with Crippen LogP contribution in [0.1, 0.15) is 36.2 Å². The van der Waals surface area contributed by atoms with Gasteiger partial charge in [-0.25, -0.2) is 9.78 Å². The van der Waals surface area contributed by atoms with E-state index in [0.717, 1.165) is 5.56 Å². The number of carbonyl (C=O) groups excluding carboxylic acids is 1. The minimum absolute atomic E-state index is 0.134. The molecule has 2 rings (SSSR count). The maximum absolute atomic E-state index is 12.3. The van der Waals surface area contributed by atoms with Crippen LogP contribution in [-0.2, 0) is 11.3 Å². The van der Waals surface area contributed by atoms with Gasteiger partial charge in [0.2, 0.25) is 0 Å². The second-order valence-corrected chi connectivity index (χ2v) is 5.61. The van der Waals surface area contributed by atoms with Crippen molar-refractivity contribution in [2.24, 2.45) is 5.92 Å². The first-order chi connectivity index (χ1) is 11.0. The number of carboxylic acid groups (broad SMARTS) is 1. The van der Waals surface area contributed by atoms with Crippen LogP contribution in [0.15, 0.2) is 43.0 Å². The monoisotopic (exact) mass is 315 g/mol. The molecule has 0 fully saturated rings. The summed E-state index contributed by atoms with van der Waals surface area (Å²) in [5.41, 5.74) is 1.41. The van der Waals surface area contributed by atoms with Gasteiger partial charge < -0.3 is 15.0 Å². The molecule has 0 radical (unpaired) electrons. The Hall–Kier alpha value is -2.63. The first-order valence-corrected chi connectivity index (χ1v) is 7.59. The molecule has 0 aliphatic carbocycles. The van der Waals surface area contributed by atoms with Gasteiger partial charge in [-0.2, -0.15) is 0 Å². The van der Waals surface area contributed by atoms with Crippen molar-refractivity contribution in [2.75, 3.05) is 0 Å². The van der Waals surface area contributed by atoms with Crippen LogP contribution in [0.4, 0.5) is 0 Å². The number of nitrogens with one attached hydrogen (secondary N) is 1. The van der Waals surface area contributed by atoms with Crippen LogP contribution in [0.5, 0.6) is 0 Å². The van der Waals surface area contributed by atoms with E-state index in [1.807, 2.05) is 30.7 Å². The zero-order valence-electron chi connectivity index (χ0n) is 13.3. The summed E-state index contributed by atoms with van der Waals surface area (Å²) in [6.07, 6.45) is 5.92. The van der Waals surface area contributed by atoms with Crippen molar-refractivity contribution >= 4 is 11.9 Å². The van der Waals surface area contributed by atoms with E-state index in [1.54, 1.807) is 30.7 Å². The number of amides is 1. The third-order valence-electron chi connectivity index (χ3n) is 3.88. The summed E-state index contributed by atoms with van der Waals surface area (Å²) in [7, 11) is 0. The quantitative estimate of drug-likeness (QED) is 0.820. The Morgan fingerprint density at radius 1 is 1.39 bits per heavy atom. The number of nitrogens with zero attached hydrogens (tertiary/aromatic N) is 2. The Kier molecular flexibility index (Phi) is 5.51. The smallest absolute Gasteiger partial charge is 0.326 e. The van der Waals surface area contributed by atoms with E-state index < -0.39 is 12.0 Å². The molecule has 23 heavy (non-hydrogen) atoms. The van der Waals surface area contributed by atoms with Gasteiger partial charge in [-0.05, 0) is 23.6 Å². The molecule has 2 atom stereocenters. The molecule has 1 aromatic carbocycles. The van der Waals surface area contributed by atoms with Gasteiger partial charge >= 0.3 is 5.97 Å². The molecule has 0 bridgehead atoms. The second-order valence-electron chi connectivity index (χ2n) is 5.61. The van der Waals surface area contributed by atoms with Crippen molar-refractivity contribution in [3.05, 3.63) is 54.1 Å². The third kappa shape index (κ3) is 4.42. The predicted molar refractivity (Wildman–Crippen MR) is 86.1 cm³/mol. The summed E-state index contributed by atoms with van der Waals surface area (Å²) in [6, 6.07) is 6.28. The number of carbonyl (C=O) groups is 2. The number of rotatable bonds is 7. The lowest BCUT2D eigenvalue weighted by Gasteiger charge is -2.20. The zero-order valence-corrected chi connectivity index (χ0v) is 13.3. The van der Waals surface area contributed by atoms with E-state index in [1.165, 1.54) is 0 Å². The van der Waals surface area contributed by atoms with Crippen LogP contribution in [-0.4, -0.2) is 32.6 Å². The minimum Gasteiger partial charge on any atom is -0.480 e. The van der Waals surface area contributed by atoms with Crippen LogP contribution in [0, 0.1) is 5.92 Å². The fourth-order valence-electron chi connectivity index (χ4n) is 2.31. The number of imidazole rings is 1. The summed E-state index contributed by atoms with van der Waals surface area (Å²) in [5.74, 6) is -1.52. The summed E-state index contributed by atoms with van der Waals surface area (Å²) in [6.45, 7) is 4.32. The van der Waals surface area contributed by atoms with Gasteiger partial charge in [0.05, 0.1) is 6.33 Å². The lowest BCUT2D eigenvalue weighted by atomic mass is 9.98. The average Bonchev–Trinajstić information content (AvgIpc) is 3.04. The third-order valence-corrected chi connectivity index (χ3v) is 3.88. The Morgan fingerprint density at radius 2 is 2.17 bits per heavy atom. The highest BCUT2D eigenvalue weighted by molar-refractivity contribution is 5.96. The molecule has 1 aromatic heterocycles. The van der Waals surface area contributed by atoms with Gasteiger partial charge in [0.25, 0.3) is 5.91 Å². The van der Waals surface area contributed by atoms with E-state index in [4.69, 9.17) is 0 Å². The number of hydrogen-bond acceptors (Lipinski definition) is 3. The Labute approximate surface area is 135 Å². The van der Waals surface area contributed by atoms with Crippen LogP contribution < -0.4 is 5.32 Å². The molecule has 1 heterocycles. The molecular formula is C17H21N3O3. The van der Waals surface area contributed by atoms with E-state index in [0.29, 0.717) is 18.5 Å². The van der Waals surface area contributed by atoms with Gasteiger partial charge in [-0.3, -0.25) is 4.79 Å². The van der Waals surface area contributed by atoms with E-state index >= 15 is 0 Å². The number of carboxylic acids is 1. The van der Waals surface area contributed by atoms with Gasteiger partial charge in [0, 0.05) is 24.5 Å². The Bertz CT molecular complexity index is 667. The first-order valence-electron chi connectivity index (χ1n) is 7.59. The highest BCUT2D eigenvalue weighted by atomic mass is 16.4. The Balaban J connectivity index is 2.11. The molecule has 0 spiro atoms. The highest BCUT2D eigenvalue weighted by Gasteiger charge is 2.25. The van der Waals surface area contributed by atoms with Crippen LogP contribution in [0.2, 0.25) is 0 Å². The SMILES string of the molecule is CC[C@@H](C)[C@H](NC(=O)c1cccc(Cn2ccnc2)c1)C(=O)O. The standard InChI is InChI=1S/C17H21N3O3/c1-3-12(2)15(17(22)23)19-16(21)14-6-4-5-13(9-14)10-20-8-7-18-11-20/h4-9,11-12,15H,3,10H2,1-2H3,(H,19,21)(H,22,23)/t12-,15+/m1/s1. The molecule has 0 saturated carbocycles. The van der Waals surface area contributed by atoms with Crippen molar-refractivity contribution in [3.8, 4) is 0 Å². The maximum atomic E-state index is 12.3. The van der Waals surface area contributed by atoms with E-state index in [2.05, 4.69) is 10.3 Å². The number of benzene rings is 1. The van der Waals surface area contributed by atoms with Gasteiger partial charge in [0.1, 0.15) is 6.04 Å². The molecule has 6 heteroatoms. The van der Waals surface area contributed by atoms with Crippen molar-refractivity contribution < 1.29 is 14.7 Å². The normalized spacial score (nSPS) is 13.3. The van der Waals surface area contributed by atoms with Gasteiger partial charge in [0.15, 0.2) is 0 Å². The van der Waals surface area contributed by atoms with Gasteiger partial charge in [-0.15, -0.1) is 0 Å². The first kappa shape index (κ1) is 16.7. The second kappa shape index (κ2) is 7.58. The maximum Gasteiger partial charge on any atom is 0.326 e. The summed E-state index contributed by atoms with van der Waals surface area (Å²) >= 11 is 0. The predicted octanol–water partition coefficient (Wildman–Crippen LogP) is 2.16. The molecule has 122 valence electrons. The summed E-state index contributed by atoms with van der Waals surface area (Å²) in [5, 5.41) is 11.9. The fourth-order valence-corrected chi connectivity index (χ4v) is 2.31. The molecule has 2 N–H and O–H groups in total. The summed E-state index contributed by atoms with van der Waals surface area (Å²) in [4.78, 5) is 27.6. The van der Waals surface area contributed by atoms with Gasteiger partial charge in [-0.1, -0.05) is 32.4 Å². The molecule has 6 nitrogen and oxygen atoms in total. The lowest BCUT2D eigenvalue weighted by Crippen LogP contribution is -2.45. The van der Waals surface area contributed by atoms with Crippen LogP contribution in [0.3, 0.4) is 0 Å². The Morgan fingerprint density at radius 3 is 2.78 bits per heavy atom. The molecule has 2 aromatic rings. The van der Waals surface area contributed by atoms with Crippen molar-refractivity contribution in [1.29, 1.82) is 0 Å². The van der Waals surface area contributed by atoms with Crippen LogP contribution in [0.25, 0.3) is 0 Å². The van der Waals surface area contributed by atoms with E-state index in [9.17, 15) is 14.7 Å².